The van der Waals surface area contributed by atoms with Crippen molar-refractivity contribution in [2.75, 3.05) is 19.7 Å². The van der Waals surface area contributed by atoms with Crippen molar-refractivity contribution in [2.45, 2.75) is 51.7 Å². The first-order valence-corrected chi connectivity index (χ1v) is 13.4. The summed E-state index contributed by atoms with van der Waals surface area (Å²) in [5, 5.41) is 46.7. The molecule has 2 aromatic carbocycles. The lowest BCUT2D eigenvalue weighted by Crippen LogP contribution is -2.33. The number of aliphatic hydroxyl groups excluding tert-OH is 1. The van der Waals surface area contributed by atoms with Crippen LogP contribution in [0.4, 0.5) is 5.69 Å². The fraction of sp³-hybridized carbons (Fsp3) is 0.367. The van der Waals surface area contributed by atoms with Crippen LogP contribution >= 0.6 is 0 Å². The number of aliphatic carboxylic acids is 1. The minimum absolute atomic E-state index is 0.0141. The number of carboxylic acids is 1. The summed E-state index contributed by atoms with van der Waals surface area (Å²) >= 11 is 0. The molecule has 12 heteroatoms. The highest BCUT2D eigenvalue weighted by Gasteiger charge is 2.38. The maximum absolute atomic E-state index is 13.4. The molecule has 222 valence electrons. The van der Waals surface area contributed by atoms with Crippen LogP contribution in [0.3, 0.4) is 0 Å². The van der Waals surface area contributed by atoms with E-state index in [1.54, 1.807) is 51.1 Å². The van der Waals surface area contributed by atoms with Gasteiger partial charge in [-0.1, -0.05) is 24.3 Å². The van der Waals surface area contributed by atoms with Crippen molar-refractivity contribution in [1.29, 1.82) is 5.26 Å². The second-order valence-electron chi connectivity index (χ2n) is 9.93. The van der Waals surface area contributed by atoms with E-state index in [2.05, 4.69) is 10.6 Å². The quantitative estimate of drug-likeness (QED) is 0.111. The number of dihydropyridines is 1. The maximum atomic E-state index is 13.4. The Bertz CT molecular complexity index is 1430. The number of nitriles is 1. The van der Waals surface area contributed by atoms with Crippen LogP contribution in [-0.4, -0.2) is 59.0 Å². The molecule has 0 saturated heterocycles. The Balaban J connectivity index is 1.56. The first-order valence-electron chi connectivity index (χ1n) is 13.4. The molecule has 1 aliphatic heterocycles. The predicted molar refractivity (Wildman–Crippen MR) is 152 cm³/mol. The second kappa shape index (κ2) is 14.8. The van der Waals surface area contributed by atoms with Gasteiger partial charge in [0.05, 0.1) is 33.7 Å². The average molecular weight is 579 g/mol. The summed E-state index contributed by atoms with van der Waals surface area (Å²) in [6.45, 7) is 5.73. The number of hydrogen-bond donors (Lipinski definition) is 4. The largest absolute Gasteiger partial charge is 0.489 e. The van der Waals surface area contributed by atoms with Gasteiger partial charge in [-0.15, -0.1) is 0 Å². The molecule has 1 heterocycles. The molecule has 3 atom stereocenters. The number of nitro benzene ring substituents is 1. The number of non-ortho nitro benzene ring substituents is 1. The third-order valence-corrected chi connectivity index (χ3v) is 6.72. The summed E-state index contributed by atoms with van der Waals surface area (Å²) in [7, 11) is 0. The van der Waals surface area contributed by atoms with Gasteiger partial charge in [0.1, 0.15) is 24.5 Å². The number of carbonyl (C=O) groups excluding carboxylic acids is 1. The molecule has 2 aromatic rings. The number of para-hydroxylation sites is 1. The summed E-state index contributed by atoms with van der Waals surface area (Å²) in [6.07, 6.45) is -0.209. The lowest BCUT2D eigenvalue weighted by Gasteiger charge is -2.30. The van der Waals surface area contributed by atoms with Gasteiger partial charge in [0, 0.05) is 30.1 Å². The van der Waals surface area contributed by atoms with Gasteiger partial charge in [-0.05, 0) is 57.9 Å². The molecule has 0 amide bonds. The number of benzene rings is 2. The number of nitro groups is 1. The third-order valence-electron chi connectivity index (χ3n) is 6.72. The molecule has 0 radical (unpaired) electrons. The summed E-state index contributed by atoms with van der Waals surface area (Å²) in [5.74, 6) is -2.63. The minimum Gasteiger partial charge on any atom is -0.489 e. The number of esters is 1. The third kappa shape index (κ3) is 8.15. The molecule has 0 bridgehead atoms. The molecular formula is C30H34N4O8. The summed E-state index contributed by atoms with van der Waals surface area (Å²) in [4.78, 5) is 36.4. The smallest absolute Gasteiger partial charge is 0.337 e. The molecule has 0 aromatic heterocycles. The van der Waals surface area contributed by atoms with Gasteiger partial charge in [0.2, 0.25) is 0 Å². The molecule has 42 heavy (non-hydrogen) atoms. The van der Waals surface area contributed by atoms with Crippen molar-refractivity contribution < 1.29 is 34.2 Å². The van der Waals surface area contributed by atoms with E-state index >= 15 is 0 Å². The Labute approximate surface area is 243 Å². The average Bonchev–Trinajstić information content (AvgIpc) is 2.95. The molecule has 4 N–H and O–H groups in total. The molecular weight excluding hydrogens is 544 g/mol. The number of rotatable bonds is 14. The molecule has 0 fully saturated rings. The van der Waals surface area contributed by atoms with Crippen LogP contribution in [0.1, 0.15) is 50.7 Å². The molecule has 12 nitrogen and oxygen atoms in total. The zero-order valence-electron chi connectivity index (χ0n) is 23.6. The first-order chi connectivity index (χ1) is 20.0. The van der Waals surface area contributed by atoms with Crippen LogP contribution in [0.2, 0.25) is 0 Å². The highest BCUT2D eigenvalue weighted by atomic mass is 16.6. The van der Waals surface area contributed by atoms with Gasteiger partial charge >= 0.3 is 11.9 Å². The summed E-state index contributed by atoms with van der Waals surface area (Å²) in [5.41, 5.74) is 1.18. The predicted octanol–water partition coefficient (Wildman–Crippen LogP) is 3.53. The Morgan fingerprint density at radius 1 is 1.17 bits per heavy atom. The molecule has 0 aliphatic carbocycles. The van der Waals surface area contributed by atoms with E-state index in [0.717, 1.165) is 0 Å². The Hall–Kier alpha value is -4.73. The topological polar surface area (TPSA) is 184 Å². The van der Waals surface area contributed by atoms with Crippen LogP contribution in [0.5, 0.6) is 5.75 Å². The number of carboxylic acid groups (broad SMARTS) is 1. The molecule has 3 rings (SSSR count). The lowest BCUT2D eigenvalue weighted by molar-refractivity contribution is -0.384. The molecule has 0 spiro atoms. The number of ether oxygens (including phenoxy) is 2. The van der Waals surface area contributed by atoms with Crippen molar-refractivity contribution in [1.82, 2.24) is 10.6 Å². The summed E-state index contributed by atoms with van der Waals surface area (Å²) in [6, 6.07) is 14.4. The Kier molecular flexibility index (Phi) is 11.2. The summed E-state index contributed by atoms with van der Waals surface area (Å²) < 4.78 is 11.2. The molecule has 3 unspecified atom stereocenters. The number of carbonyl (C=O) groups is 2. The van der Waals surface area contributed by atoms with Gasteiger partial charge in [-0.2, -0.15) is 5.26 Å². The number of hydrogen-bond acceptors (Lipinski definition) is 10. The Morgan fingerprint density at radius 2 is 1.88 bits per heavy atom. The zero-order valence-corrected chi connectivity index (χ0v) is 23.6. The zero-order chi connectivity index (χ0) is 30.8. The first kappa shape index (κ1) is 31.8. The van der Waals surface area contributed by atoms with Gasteiger partial charge in [-0.3, -0.25) is 10.1 Å². The van der Waals surface area contributed by atoms with Gasteiger partial charge in [-0.25, -0.2) is 9.59 Å². The fourth-order valence-electron chi connectivity index (χ4n) is 4.72. The maximum Gasteiger partial charge on any atom is 0.337 e. The highest BCUT2D eigenvalue weighted by molar-refractivity contribution is 5.99. The van der Waals surface area contributed by atoms with Crippen LogP contribution in [0.15, 0.2) is 71.1 Å². The van der Waals surface area contributed by atoms with Crippen molar-refractivity contribution in [3.05, 3.63) is 92.3 Å². The fourth-order valence-corrected chi connectivity index (χ4v) is 4.72. The van der Waals surface area contributed by atoms with E-state index in [1.165, 1.54) is 18.2 Å². The van der Waals surface area contributed by atoms with Crippen molar-refractivity contribution >= 4 is 17.6 Å². The number of aliphatic hydroxyl groups is 1. The van der Waals surface area contributed by atoms with Crippen molar-refractivity contribution in [3.8, 4) is 11.8 Å². The van der Waals surface area contributed by atoms with Crippen LogP contribution in [-0.2, 0) is 14.3 Å². The van der Waals surface area contributed by atoms with Crippen molar-refractivity contribution in [2.24, 2.45) is 0 Å². The standard InChI is InChI=1S/C30H34N4O8/c1-18(8-7-13-32-16-24(35)17-41-25-12-5-4-9-22(25)15-31)42-30(38)27-20(3)33-19(2)26(29(36)37)28(27)21-10-6-11-23(14-21)34(39)40/h4-6,9-12,14,18,24,28,32-33,35H,7-8,13,16-17H2,1-3H3,(H,36,37). The molecule has 1 aliphatic rings. The van der Waals surface area contributed by atoms with E-state index < -0.39 is 35.0 Å². The lowest BCUT2D eigenvalue weighted by atomic mass is 9.80. The van der Waals surface area contributed by atoms with Gasteiger partial charge in [0.15, 0.2) is 0 Å². The molecule has 0 saturated carbocycles. The highest BCUT2D eigenvalue weighted by Crippen LogP contribution is 2.39. The number of allylic oxidation sites excluding steroid dienone is 2. The van der Waals surface area contributed by atoms with E-state index in [1.807, 2.05) is 6.07 Å². The van der Waals surface area contributed by atoms with Crippen LogP contribution < -0.4 is 15.4 Å². The number of nitrogens with zero attached hydrogens (tertiary/aromatic N) is 2. The van der Waals surface area contributed by atoms with Crippen LogP contribution in [0.25, 0.3) is 0 Å². The SMILES string of the molecule is CC1=C(C(=O)O)C(c2cccc([N+](=O)[O-])c2)C(C(=O)OC(C)CCCNCC(O)COc2ccccc2C#N)=C(C)N1. The number of nitrogens with one attached hydrogen (secondary N) is 2. The van der Waals surface area contributed by atoms with Gasteiger partial charge in [0.25, 0.3) is 5.69 Å². The van der Waals surface area contributed by atoms with Crippen LogP contribution in [0, 0.1) is 21.4 Å². The van der Waals surface area contributed by atoms with E-state index in [-0.39, 0.29) is 30.0 Å². The van der Waals surface area contributed by atoms with E-state index in [0.29, 0.717) is 47.7 Å². The second-order valence-corrected chi connectivity index (χ2v) is 9.93. The van der Waals surface area contributed by atoms with E-state index in [4.69, 9.17) is 14.7 Å². The Morgan fingerprint density at radius 3 is 2.57 bits per heavy atom. The minimum atomic E-state index is -1.25. The van der Waals surface area contributed by atoms with Gasteiger partial charge < -0.3 is 30.3 Å². The van der Waals surface area contributed by atoms with Crippen molar-refractivity contribution in [3.63, 3.8) is 0 Å². The van der Waals surface area contributed by atoms with E-state index in [9.17, 15) is 29.9 Å². The monoisotopic (exact) mass is 578 g/mol. The normalized spacial score (nSPS) is 16.2.